The quantitative estimate of drug-likeness (QED) is 0.616. The van der Waals surface area contributed by atoms with Crippen molar-refractivity contribution in [1.82, 2.24) is 0 Å². The maximum atomic E-state index is 10.7. The topological polar surface area (TPSA) is 43.1 Å². The Hall–Kier alpha value is -0.180. The lowest BCUT2D eigenvalue weighted by molar-refractivity contribution is -0.118. The highest BCUT2D eigenvalue weighted by Gasteiger charge is 2.09. The largest absolute Gasteiger partial charge is 0.370 e. The first-order valence-corrected chi connectivity index (χ1v) is 6.30. The van der Waals surface area contributed by atoms with Gasteiger partial charge in [-0.25, -0.2) is 0 Å². The zero-order chi connectivity index (χ0) is 10.1. The fourth-order valence-corrected chi connectivity index (χ4v) is 2.06. The number of nitrogens with two attached hydrogens (primary N) is 1. The minimum atomic E-state index is -0.171. The normalized spacial score (nSPS) is 12.8. The summed E-state index contributed by atoms with van der Waals surface area (Å²) in [5.74, 6) is -0.171. The first kappa shape index (κ1) is 12.8. The van der Waals surface area contributed by atoms with E-state index in [9.17, 15) is 4.79 Å². The van der Waals surface area contributed by atoms with Crippen LogP contribution in [0.15, 0.2) is 0 Å². The summed E-state index contributed by atoms with van der Waals surface area (Å²) in [6, 6.07) is 0. The van der Waals surface area contributed by atoms with Crippen molar-refractivity contribution >= 4 is 17.7 Å². The molecule has 2 N–H and O–H groups in total. The molecule has 0 aliphatic heterocycles. The van der Waals surface area contributed by atoms with E-state index >= 15 is 0 Å². The molecular formula is C10H21NOS. The Morgan fingerprint density at radius 3 is 2.54 bits per heavy atom. The van der Waals surface area contributed by atoms with Gasteiger partial charge in [-0.15, -0.1) is 0 Å². The summed E-state index contributed by atoms with van der Waals surface area (Å²) in [7, 11) is 0. The van der Waals surface area contributed by atoms with E-state index in [1.165, 1.54) is 25.7 Å². The van der Waals surface area contributed by atoms with Crippen LogP contribution in [0.5, 0.6) is 0 Å². The predicted molar refractivity (Wildman–Crippen MR) is 59.9 cm³/mol. The summed E-state index contributed by atoms with van der Waals surface area (Å²) in [4.78, 5) is 10.7. The number of unbranched alkanes of at least 4 members (excludes halogenated alkanes) is 3. The highest BCUT2D eigenvalue weighted by Crippen LogP contribution is 2.18. The summed E-state index contributed by atoms with van der Waals surface area (Å²) in [6.45, 7) is 2.20. The molecule has 0 saturated heterocycles. The van der Waals surface area contributed by atoms with Crippen LogP contribution in [0, 0.1) is 0 Å². The van der Waals surface area contributed by atoms with Crippen LogP contribution in [0.4, 0.5) is 0 Å². The number of thioether (sulfide) groups is 1. The van der Waals surface area contributed by atoms with Crippen LogP contribution < -0.4 is 5.73 Å². The second kappa shape index (κ2) is 8.42. The second-order valence-electron chi connectivity index (χ2n) is 3.38. The van der Waals surface area contributed by atoms with Gasteiger partial charge in [0.25, 0.3) is 0 Å². The van der Waals surface area contributed by atoms with E-state index in [4.69, 9.17) is 5.73 Å². The van der Waals surface area contributed by atoms with Crippen molar-refractivity contribution in [2.24, 2.45) is 5.73 Å². The molecule has 2 nitrogen and oxygen atoms in total. The third kappa shape index (κ3) is 8.16. The second-order valence-corrected chi connectivity index (χ2v) is 4.52. The van der Waals surface area contributed by atoms with Gasteiger partial charge < -0.3 is 5.73 Å². The summed E-state index contributed by atoms with van der Waals surface area (Å²) in [6.07, 6.45) is 8.79. The van der Waals surface area contributed by atoms with E-state index in [0.717, 1.165) is 6.42 Å². The van der Waals surface area contributed by atoms with Gasteiger partial charge in [-0.2, -0.15) is 11.8 Å². The van der Waals surface area contributed by atoms with Crippen molar-refractivity contribution in [2.75, 3.05) is 6.26 Å². The molecule has 1 amide bonds. The van der Waals surface area contributed by atoms with Gasteiger partial charge in [0.15, 0.2) is 0 Å². The van der Waals surface area contributed by atoms with Gasteiger partial charge in [0.2, 0.25) is 5.91 Å². The number of carbonyl (C=O) groups is 1. The van der Waals surface area contributed by atoms with Crippen LogP contribution in [0.25, 0.3) is 0 Å². The molecule has 0 aromatic carbocycles. The molecule has 0 heterocycles. The van der Waals surface area contributed by atoms with Gasteiger partial charge >= 0.3 is 0 Å². The number of primary amides is 1. The standard InChI is InChI=1S/C10H21NOS/c1-3-4-5-6-7-9(13-2)8-10(11)12/h9H,3-8H2,1-2H3,(H2,11,12). The summed E-state index contributed by atoms with van der Waals surface area (Å²) in [5, 5.41) is 0.439. The molecular weight excluding hydrogens is 182 g/mol. The van der Waals surface area contributed by atoms with Crippen molar-refractivity contribution in [2.45, 2.75) is 50.7 Å². The maximum absolute atomic E-state index is 10.7. The minimum absolute atomic E-state index is 0.171. The Morgan fingerprint density at radius 2 is 2.08 bits per heavy atom. The Morgan fingerprint density at radius 1 is 1.38 bits per heavy atom. The molecule has 0 aliphatic rings. The highest BCUT2D eigenvalue weighted by atomic mass is 32.2. The molecule has 78 valence electrons. The van der Waals surface area contributed by atoms with Crippen LogP contribution in [-0.2, 0) is 4.79 Å². The molecule has 1 atom stereocenters. The van der Waals surface area contributed by atoms with Gasteiger partial charge in [-0.05, 0) is 12.7 Å². The van der Waals surface area contributed by atoms with E-state index in [2.05, 4.69) is 6.92 Å². The Balaban J connectivity index is 3.42. The van der Waals surface area contributed by atoms with Crippen molar-refractivity contribution in [1.29, 1.82) is 0 Å². The average molecular weight is 203 g/mol. The fraction of sp³-hybridized carbons (Fsp3) is 0.900. The summed E-state index contributed by atoms with van der Waals surface area (Å²) >= 11 is 1.76. The van der Waals surface area contributed by atoms with Crippen LogP contribution in [-0.4, -0.2) is 17.4 Å². The fourth-order valence-electron chi connectivity index (χ4n) is 1.33. The lowest BCUT2D eigenvalue weighted by Gasteiger charge is -2.11. The molecule has 0 spiro atoms. The predicted octanol–water partition coefficient (Wildman–Crippen LogP) is 2.56. The Kier molecular flexibility index (Phi) is 8.30. The van der Waals surface area contributed by atoms with Crippen molar-refractivity contribution in [3.8, 4) is 0 Å². The van der Waals surface area contributed by atoms with Crippen LogP contribution in [0.3, 0.4) is 0 Å². The van der Waals surface area contributed by atoms with E-state index < -0.39 is 0 Å². The van der Waals surface area contributed by atoms with Gasteiger partial charge in [0.1, 0.15) is 0 Å². The van der Waals surface area contributed by atoms with E-state index in [1.807, 2.05) is 6.26 Å². The number of amides is 1. The molecule has 0 aromatic rings. The third-order valence-corrected chi connectivity index (χ3v) is 3.21. The minimum Gasteiger partial charge on any atom is -0.370 e. The summed E-state index contributed by atoms with van der Waals surface area (Å²) in [5.41, 5.74) is 5.15. The molecule has 0 aliphatic carbocycles. The third-order valence-electron chi connectivity index (χ3n) is 2.14. The first-order valence-electron chi connectivity index (χ1n) is 5.01. The highest BCUT2D eigenvalue weighted by molar-refractivity contribution is 7.99. The van der Waals surface area contributed by atoms with Crippen molar-refractivity contribution < 1.29 is 4.79 Å². The van der Waals surface area contributed by atoms with E-state index in [0.29, 0.717) is 11.7 Å². The molecule has 0 rings (SSSR count). The molecule has 0 radical (unpaired) electrons. The zero-order valence-corrected chi connectivity index (χ0v) is 9.53. The zero-order valence-electron chi connectivity index (χ0n) is 8.71. The van der Waals surface area contributed by atoms with Crippen LogP contribution in [0.2, 0.25) is 0 Å². The Bertz CT molecular complexity index is 139. The molecule has 0 saturated carbocycles. The number of hydrogen-bond donors (Lipinski definition) is 1. The number of carbonyl (C=O) groups excluding carboxylic acids is 1. The SMILES string of the molecule is CCCCCCC(CC(N)=O)SC. The van der Waals surface area contributed by atoms with Gasteiger partial charge in [0, 0.05) is 11.7 Å². The lowest BCUT2D eigenvalue weighted by Crippen LogP contribution is -2.17. The van der Waals surface area contributed by atoms with Crippen LogP contribution >= 0.6 is 11.8 Å². The van der Waals surface area contributed by atoms with Gasteiger partial charge in [-0.1, -0.05) is 32.6 Å². The maximum Gasteiger partial charge on any atom is 0.218 e. The average Bonchev–Trinajstić information content (AvgIpc) is 2.09. The van der Waals surface area contributed by atoms with E-state index in [1.54, 1.807) is 11.8 Å². The smallest absolute Gasteiger partial charge is 0.218 e. The van der Waals surface area contributed by atoms with Gasteiger partial charge in [-0.3, -0.25) is 4.79 Å². The molecule has 0 fully saturated rings. The molecule has 0 aromatic heterocycles. The molecule has 3 heteroatoms. The monoisotopic (exact) mass is 203 g/mol. The Labute approximate surface area is 85.6 Å². The van der Waals surface area contributed by atoms with Crippen LogP contribution in [0.1, 0.15) is 45.4 Å². The number of hydrogen-bond acceptors (Lipinski definition) is 2. The first-order chi connectivity index (χ1) is 6.20. The molecule has 0 bridgehead atoms. The van der Waals surface area contributed by atoms with Crippen molar-refractivity contribution in [3.05, 3.63) is 0 Å². The lowest BCUT2D eigenvalue weighted by atomic mass is 10.1. The van der Waals surface area contributed by atoms with Gasteiger partial charge in [0.05, 0.1) is 0 Å². The molecule has 13 heavy (non-hydrogen) atoms. The van der Waals surface area contributed by atoms with Crippen molar-refractivity contribution in [3.63, 3.8) is 0 Å². The number of rotatable bonds is 8. The summed E-state index contributed by atoms with van der Waals surface area (Å²) < 4.78 is 0. The van der Waals surface area contributed by atoms with E-state index in [-0.39, 0.29) is 5.91 Å². The molecule has 1 unspecified atom stereocenters.